The molecule has 3 aromatic carbocycles. The Morgan fingerprint density at radius 1 is 0.871 bits per heavy atom. The van der Waals surface area contributed by atoms with Gasteiger partial charge in [-0.15, -0.1) is 0 Å². The molecule has 0 radical (unpaired) electrons. The van der Waals surface area contributed by atoms with Gasteiger partial charge in [-0.1, -0.05) is 24.3 Å². The number of rotatable bonds is 5. The minimum absolute atomic E-state index is 0.242. The average Bonchev–Trinajstić information content (AvgIpc) is 3.24. The van der Waals surface area contributed by atoms with Gasteiger partial charge in [-0.05, 0) is 60.7 Å². The Kier molecular flexibility index (Phi) is 4.86. The standard InChI is InChI=1S/C25H17N3O3/c29-24(17-6-4-10-21(14-17)30-20-8-2-1-3-9-20)27-19-11-12-23-22(15-19)28-25(31-23)18-7-5-13-26-16-18/h1-16H,(H,27,29). The van der Waals surface area contributed by atoms with Crippen LogP contribution in [0.15, 0.2) is 102 Å². The van der Waals surface area contributed by atoms with Crippen molar-refractivity contribution in [3.8, 4) is 23.0 Å². The summed E-state index contributed by atoms with van der Waals surface area (Å²) in [5, 5.41) is 2.90. The molecule has 1 N–H and O–H groups in total. The molecule has 0 aliphatic heterocycles. The molecule has 5 aromatic rings. The molecule has 0 spiro atoms. The van der Waals surface area contributed by atoms with E-state index < -0.39 is 0 Å². The number of ether oxygens (including phenoxy) is 1. The summed E-state index contributed by atoms with van der Waals surface area (Å²) in [6, 6.07) is 25.5. The topological polar surface area (TPSA) is 77.3 Å². The third kappa shape index (κ3) is 4.13. The molecular weight excluding hydrogens is 390 g/mol. The van der Waals surface area contributed by atoms with E-state index in [9.17, 15) is 4.79 Å². The highest BCUT2D eigenvalue weighted by atomic mass is 16.5. The molecule has 0 aliphatic rings. The van der Waals surface area contributed by atoms with Crippen LogP contribution in [-0.4, -0.2) is 15.9 Å². The monoisotopic (exact) mass is 407 g/mol. The first-order valence-corrected chi connectivity index (χ1v) is 9.70. The number of nitrogens with one attached hydrogen (secondary N) is 1. The number of oxazole rings is 1. The zero-order chi connectivity index (χ0) is 21.0. The number of nitrogens with zero attached hydrogens (tertiary/aromatic N) is 2. The van der Waals surface area contributed by atoms with E-state index in [1.54, 1.807) is 48.8 Å². The highest BCUT2D eigenvalue weighted by Crippen LogP contribution is 2.26. The lowest BCUT2D eigenvalue weighted by molar-refractivity contribution is 0.102. The number of anilines is 1. The first-order valence-electron chi connectivity index (χ1n) is 9.70. The summed E-state index contributed by atoms with van der Waals surface area (Å²) in [6.07, 6.45) is 3.39. The van der Waals surface area contributed by atoms with Crippen molar-refractivity contribution >= 4 is 22.7 Å². The number of amides is 1. The fourth-order valence-electron chi connectivity index (χ4n) is 3.15. The number of benzene rings is 3. The molecule has 0 aliphatic carbocycles. The van der Waals surface area contributed by atoms with Gasteiger partial charge in [0.1, 0.15) is 17.0 Å². The van der Waals surface area contributed by atoms with Crippen molar-refractivity contribution in [1.29, 1.82) is 0 Å². The SMILES string of the molecule is O=C(Nc1ccc2oc(-c3cccnc3)nc2c1)c1cccc(Oc2ccccc2)c1. The minimum atomic E-state index is -0.242. The number of aromatic nitrogens is 2. The number of hydrogen-bond acceptors (Lipinski definition) is 5. The number of fused-ring (bicyclic) bond motifs is 1. The van der Waals surface area contributed by atoms with Crippen LogP contribution in [0.25, 0.3) is 22.6 Å². The third-order valence-corrected chi connectivity index (χ3v) is 4.63. The quantitative estimate of drug-likeness (QED) is 0.390. The Morgan fingerprint density at radius 3 is 2.58 bits per heavy atom. The number of hydrogen-bond donors (Lipinski definition) is 1. The molecule has 5 rings (SSSR count). The summed E-state index contributed by atoms with van der Waals surface area (Å²) in [4.78, 5) is 21.4. The fraction of sp³-hybridized carbons (Fsp3) is 0. The van der Waals surface area contributed by atoms with Crippen LogP contribution in [0.3, 0.4) is 0 Å². The summed E-state index contributed by atoms with van der Waals surface area (Å²) in [5.74, 6) is 1.54. The molecule has 0 saturated heterocycles. The van der Waals surface area contributed by atoms with E-state index in [2.05, 4.69) is 15.3 Å². The van der Waals surface area contributed by atoms with Crippen LogP contribution >= 0.6 is 0 Å². The molecule has 0 saturated carbocycles. The van der Waals surface area contributed by atoms with Crippen molar-refractivity contribution < 1.29 is 13.9 Å². The first-order chi connectivity index (χ1) is 15.2. The van der Waals surface area contributed by atoms with E-state index in [-0.39, 0.29) is 5.91 Å². The molecular formula is C25H17N3O3. The van der Waals surface area contributed by atoms with E-state index in [4.69, 9.17) is 9.15 Å². The Morgan fingerprint density at radius 2 is 1.74 bits per heavy atom. The number of pyridine rings is 1. The second kappa shape index (κ2) is 8.12. The molecule has 2 aromatic heterocycles. The van der Waals surface area contributed by atoms with Crippen LogP contribution in [0.5, 0.6) is 11.5 Å². The molecule has 1 amide bonds. The summed E-state index contributed by atoms with van der Waals surface area (Å²) in [7, 11) is 0. The Hall–Kier alpha value is -4.45. The minimum Gasteiger partial charge on any atom is -0.457 e. The molecule has 0 atom stereocenters. The molecule has 150 valence electrons. The maximum Gasteiger partial charge on any atom is 0.255 e. The molecule has 0 fully saturated rings. The van der Waals surface area contributed by atoms with Gasteiger partial charge >= 0.3 is 0 Å². The van der Waals surface area contributed by atoms with Crippen molar-refractivity contribution in [2.75, 3.05) is 5.32 Å². The lowest BCUT2D eigenvalue weighted by Crippen LogP contribution is -2.11. The maximum absolute atomic E-state index is 12.8. The lowest BCUT2D eigenvalue weighted by atomic mass is 10.2. The van der Waals surface area contributed by atoms with Crippen molar-refractivity contribution in [3.63, 3.8) is 0 Å². The van der Waals surface area contributed by atoms with E-state index in [0.29, 0.717) is 39.7 Å². The van der Waals surface area contributed by atoms with E-state index >= 15 is 0 Å². The van der Waals surface area contributed by atoms with Gasteiger partial charge < -0.3 is 14.5 Å². The second-order valence-corrected chi connectivity index (χ2v) is 6.84. The largest absolute Gasteiger partial charge is 0.457 e. The molecule has 0 bridgehead atoms. The van der Waals surface area contributed by atoms with Gasteiger partial charge in [-0.3, -0.25) is 9.78 Å². The van der Waals surface area contributed by atoms with Gasteiger partial charge in [0.25, 0.3) is 5.91 Å². The summed E-state index contributed by atoms with van der Waals surface area (Å²) in [6.45, 7) is 0. The lowest BCUT2D eigenvalue weighted by Gasteiger charge is -2.08. The van der Waals surface area contributed by atoms with Crippen molar-refractivity contribution in [2.45, 2.75) is 0 Å². The van der Waals surface area contributed by atoms with E-state index in [0.717, 1.165) is 5.56 Å². The van der Waals surface area contributed by atoms with Gasteiger partial charge in [-0.25, -0.2) is 4.98 Å². The average molecular weight is 407 g/mol. The van der Waals surface area contributed by atoms with Crippen molar-refractivity contribution in [1.82, 2.24) is 9.97 Å². The summed E-state index contributed by atoms with van der Waals surface area (Å²) < 4.78 is 11.6. The molecule has 0 unspecified atom stereocenters. The number of para-hydroxylation sites is 1. The van der Waals surface area contributed by atoms with Crippen LogP contribution in [0, 0.1) is 0 Å². The number of carbonyl (C=O) groups excluding carboxylic acids is 1. The van der Waals surface area contributed by atoms with Crippen LogP contribution in [-0.2, 0) is 0 Å². The van der Waals surface area contributed by atoms with Gasteiger partial charge in [0, 0.05) is 23.6 Å². The van der Waals surface area contributed by atoms with Crippen molar-refractivity contribution in [2.24, 2.45) is 0 Å². The molecule has 6 heteroatoms. The Balaban J connectivity index is 1.35. The van der Waals surface area contributed by atoms with Crippen LogP contribution in [0.2, 0.25) is 0 Å². The molecule has 6 nitrogen and oxygen atoms in total. The zero-order valence-corrected chi connectivity index (χ0v) is 16.4. The van der Waals surface area contributed by atoms with Gasteiger partial charge in [0.15, 0.2) is 5.58 Å². The summed E-state index contributed by atoms with van der Waals surface area (Å²) >= 11 is 0. The normalized spacial score (nSPS) is 10.7. The van der Waals surface area contributed by atoms with Crippen LogP contribution in [0.1, 0.15) is 10.4 Å². The predicted octanol–water partition coefficient (Wildman–Crippen LogP) is 5.93. The van der Waals surface area contributed by atoms with Crippen LogP contribution in [0.4, 0.5) is 5.69 Å². The van der Waals surface area contributed by atoms with Crippen molar-refractivity contribution in [3.05, 3.63) is 103 Å². The molecule has 2 heterocycles. The van der Waals surface area contributed by atoms with Crippen LogP contribution < -0.4 is 10.1 Å². The highest BCUT2D eigenvalue weighted by Gasteiger charge is 2.12. The maximum atomic E-state index is 12.8. The van der Waals surface area contributed by atoms with Gasteiger partial charge in [0.05, 0.1) is 5.56 Å². The second-order valence-electron chi connectivity index (χ2n) is 6.84. The Labute approximate surface area is 178 Å². The Bertz CT molecular complexity index is 1350. The third-order valence-electron chi connectivity index (χ3n) is 4.63. The highest BCUT2D eigenvalue weighted by molar-refractivity contribution is 6.05. The summed E-state index contributed by atoms with van der Waals surface area (Å²) in [5.41, 5.74) is 3.19. The number of carbonyl (C=O) groups is 1. The van der Waals surface area contributed by atoms with E-state index in [1.807, 2.05) is 48.5 Å². The smallest absolute Gasteiger partial charge is 0.255 e. The van der Waals surface area contributed by atoms with Gasteiger partial charge in [-0.2, -0.15) is 0 Å². The molecule has 31 heavy (non-hydrogen) atoms. The fourth-order valence-corrected chi connectivity index (χ4v) is 3.15. The zero-order valence-electron chi connectivity index (χ0n) is 16.4. The predicted molar refractivity (Wildman–Crippen MR) is 118 cm³/mol. The van der Waals surface area contributed by atoms with Gasteiger partial charge in [0.2, 0.25) is 5.89 Å². The first kappa shape index (κ1) is 18.6. The van der Waals surface area contributed by atoms with E-state index in [1.165, 1.54) is 0 Å².